The highest BCUT2D eigenvalue weighted by atomic mass is 127. The standard InChI is InChI=1S/C7H8IN2/c1-7(2)3-4-9-6(8)10-5-7/h3-4H,1-2H3/q+1. The third kappa shape index (κ3) is 2.10. The van der Waals surface area contributed by atoms with Crippen molar-refractivity contribution < 1.29 is 0 Å². The van der Waals surface area contributed by atoms with Crippen LogP contribution in [-0.2, 0) is 0 Å². The van der Waals surface area contributed by atoms with E-state index in [-0.39, 0.29) is 5.41 Å². The number of nitrogens with zero attached hydrogens (tertiary/aromatic N) is 2. The van der Waals surface area contributed by atoms with Crippen molar-refractivity contribution in [2.24, 2.45) is 10.4 Å². The number of halogens is 1. The van der Waals surface area contributed by atoms with Crippen LogP contribution in [0.3, 0.4) is 0 Å². The van der Waals surface area contributed by atoms with Gasteiger partial charge in [-0.3, -0.25) is 0 Å². The van der Waals surface area contributed by atoms with Crippen molar-refractivity contribution in [1.29, 1.82) is 0 Å². The predicted octanol–water partition coefficient (Wildman–Crippen LogP) is 2.66. The average Bonchev–Trinajstić information content (AvgIpc) is 1.94. The molecule has 0 unspecified atom stereocenters. The lowest BCUT2D eigenvalue weighted by Crippen LogP contribution is -2.01. The number of hydrogen-bond acceptors (Lipinski definition) is 1. The van der Waals surface area contributed by atoms with E-state index in [1.807, 2.05) is 19.9 Å². The lowest BCUT2D eigenvalue weighted by Gasteiger charge is -2.01. The Hall–Kier alpha value is -0.370. The molecule has 52 valence electrons. The number of allylic oxidation sites excluding steroid dienone is 1. The second-order valence-corrected chi connectivity index (χ2v) is 3.62. The molecular formula is C7H8IN2+. The van der Waals surface area contributed by atoms with Gasteiger partial charge in [-0.05, 0) is 24.9 Å². The summed E-state index contributed by atoms with van der Waals surface area (Å²) in [4.78, 5) is 8.01. The maximum absolute atomic E-state index is 4.01. The Labute approximate surface area is 74.0 Å². The molecule has 1 rings (SSSR count). The molecule has 1 heterocycles. The van der Waals surface area contributed by atoms with E-state index < -0.39 is 0 Å². The number of hydrogen-bond donors (Lipinski definition) is 0. The van der Waals surface area contributed by atoms with Gasteiger partial charge in [0.2, 0.25) is 0 Å². The van der Waals surface area contributed by atoms with Gasteiger partial charge >= 0.3 is 3.84 Å². The molecule has 0 aromatic rings. The van der Waals surface area contributed by atoms with Gasteiger partial charge < -0.3 is 0 Å². The van der Waals surface area contributed by atoms with Crippen LogP contribution in [0.4, 0.5) is 0 Å². The van der Waals surface area contributed by atoms with Crippen LogP contribution in [0.15, 0.2) is 17.3 Å². The minimum absolute atomic E-state index is 0.0730. The van der Waals surface area contributed by atoms with Crippen molar-refractivity contribution in [3.8, 4) is 6.07 Å². The molecule has 0 aromatic heterocycles. The summed E-state index contributed by atoms with van der Waals surface area (Å²) in [6.07, 6.45) is 3.74. The van der Waals surface area contributed by atoms with Gasteiger partial charge in [0.1, 0.15) is 6.20 Å². The molecule has 0 fully saturated rings. The monoisotopic (exact) mass is 247 g/mol. The summed E-state index contributed by atoms with van der Waals surface area (Å²) in [6.45, 7) is 4.08. The summed E-state index contributed by atoms with van der Waals surface area (Å²) in [6, 6.07) is 2.97. The second kappa shape index (κ2) is 2.70. The lowest BCUT2D eigenvalue weighted by molar-refractivity contribution is 0.654. The lowest BCUT2D eigenvalue weighted by atomic mass is 9.96. The Morgan fingerprint density at radius 2 is 2.40 bits per heavy atom. The van der Waals surface area contributed by atoms with Crippen LogP contribution in [0.25, 0.3) is 4.85 Å². The van der Waals surface area contributed by atoms with E-state index in [2.05, 4.69) is 38.5 Å². The van der Waals surface area contributed by atoms with Crippen molar-refractivity contribution in [2.75, 3.05) is 0 Å². The van der Waals surface area contributed by atoms with Crippen molar-refractivity contribution in [2.45, 2.75) is 13.8 Å². The highest BCUT2D eigenvalue weighted by Crippen LogP contribution is 2.18. The van der Waals surface area contributed by atoms with E-state index >= 15 is 0 Å². The van der Waals surface area contributed by atoms with Crippen LogP contribution in [-0.4, -0.2) is 3.84 Å². The molecule has 0 spiro atoms. The molecule has 1 aliphatic rings. The normalized spacial score (nSPS) is 20.5. The van der Waals surface area contributed by atoms with Crippen LogP contribution in [0.5, 0.6) is 0 Å². The molecule has 10 heavy (non-hydrogen) atoms. The maximum Gasteiger partial charge on any atom is 0.459 e. The van der Waals surface area contributed by atoms with Gasteiger partial charge in [0, 0.05) is 0 Å². The predicted molar refractivity (Wildman–Crippen MR) is 51.6 cm³/mol. The molecule has 2 nitrogen and oxygen atoms in total. The van der Waals surface area contributed by atoms with Crippen molar-refractivity contribution in [3.63, 3.8) is 0 Å². The first-order chi connectivity index (χ1) is 4.60. The SMILES string of the molecule is CC1(C)C#[N+]C(I)=NC=C1. The minimum Gasteiger partial charge on any atom is -0.147 e. The summed E-state index contributed by atoms with van der Waals surface area (Å²) >= 11 is 2.07. The molecule has 0 bridgehead atoms. The van der Waals surface area contributed by atoms with Gasteiger partial charge in [-0.15, -0.1) is 4.85 Å². The molecule has 1 aliphatic heterocycles. The molecule has 0 N–H and O–H groups in total. The molecule has 3 heteroatoms. The van der Waals surface area contributed by atoms with E-state index in [4.69, 9.17) is 0 Å². The first kappa shape index (κ1) is 7.73. The van der Waals surface area contributed by atoms with E-state index in [0.717, 1.165) is 3.84 Å². The summed E-state index contributed by atoms with van der Waals surface area (Å²) in [5.41, 5.74) is -0.0730. The van der Waals surface area contributed by atoms with Crippen LogP contribution < -0.4 is 0 Å². The van der Waals surface area contributed by atoms with E-state index in [1.165, 1.54) is 0 Å². The van der Waals surface area contributed by atoms with Gasteiger partial charge in [0.15, 0.2) is 6.07 Å². The summed E-state index contributed by atoms with van der Waals surface area (Å²) in [7, 11) is 0. The Bertz CT molecular complexity index is 253. The zero-order valence-electron chi connectivity index (χ0n) is 5.93. The van der Waals surface area contributed by atoms with Gasteiger partial charge in [-0.1, -0.05) is 0 Å². The number of amidine groups is 1. The highest BCUT2D eigenvalue weighted by Gasteiger charge is 2.17. The van der Waals surface area contributed by atoms with Crippen molar-refractivity contribution in [1.82, 2.24) is 0 Å². The summed E-state index contributed by atoms with van der Waals surface area (Å²) in [5.74, 6) is 0. The van der Waals surface area contributed by atoms with Crippen LogP contribution in [0, 0.1) is 11.5 Å². The fourth-order valence-electron chi connectivity index (χ4n) is 0.541. The molecule has 0 aliphatic carbocycles. The molecule has 0 aromatic carbocycles. The van der Waals surface area contributed by atoms with Crippen molar-refractivity contribution in [3.05, 3.63) is 17.1 Å². The van der Waals surface area contributed by atoms with Crippen molar-refractivity contribution >= 4 is 26.4 Å². The van der Waals surface area contributed by atoms with Crippen LogP contribution in [0.2, 0.25) is 0 Å². The number of rotatable bonds is 0. The molecule has 0 saturated heterocycles. The zero-order valence-corrected chi connectivity index (χ0v) is 8.08. The summed E-state index contributed by atoms with van der Waals surface area (Å²) in [5, 5.41) is 0. The first-order valence-corrected chi connectivity index (χ1v) is 4.07. The Balaban J connectivity index is 2.96. The second-order valence-electron chi connectivity index (χ2n) is 2.66. The molecular weight excluding hydrogens is 239 g/mol. The first-order valence-electron chi connectivity index (χ1n) is 2.99. The van der Waals surface area contributed by atoms with E-state index in [9.17, 15) is 0 Å². The third-order valence-electron chi connectivity index (χ3n) is 1.11. The fraction of sp³-hybridized carbons (Fsp3) is 0.429. The van der Waals surface area contributed by atoms with Crippen LogP contribution in [0.1, 0.15) is 13.8 Å². The van der Waals surface area contributed by atoms with Gasteiger partial charge in [-0.2, -0.15) is 0 Å². The van der Waals surface area contributed by atoms with E-state index in [0.29, 0.717) is 0 Å². The average molecular weight is 247 g/mol. The van der Waals surface area contributed by atoms with Gasteiger partial charge in [-0.25, -0.2) is 0 Å². The Morgan fingerprint density at radius 3 is 3.10 bits per heavy atom. The smallest absolute Gasteiger partial charge is 0.147 e. The minimum atomic E-state index is -0.0730. The largest absolute Gasteiger partial charge is 0.459 e. The Kier molecular flexibility index (Phi) is 2.09. The molecule has 0 amide bonds. The quantitative estimate of drug-likeness (QED) is 0.462. The summed E-state index contributed by atoms with van der Waals surface area (Å²) < 4.78 is 0.736. The topological polar surface area (TPSA) is 16.7 Å². The molecule has 0 saturated carbocycles. The fourth-order valence-corrected chi connectivity index (χ4v) is 0.823. The molecule has 0 radical (unpaired) electrons. The number of aliphatic imine (C=N–C) groups is 1. The van der Waals surface area contributed by atoms with Gasteiger partial charge in [0.05, 0.1) is 28.0 Å². The highest BCUT2D eigenvalue weighted by molar-refractivity contribution is 14.1. The maximum atomic E-state index is 4.01. The molecule has 0 atom stereocenters. The van der Waals surface area contributed by atoms with Crippen LogP contribution >= 0.6 is 22.6 Å². The van der Waals surface area contributed by atoms with E-state index in [1.54, 1.807) is 6.20 Å². The zero-order chi connectivity index (χ0) is 7.61. The third-order valence-corrected chi connectivity index (χ3v) is 1.63. The Morgan fingerprint density at radius 1 is 1.70 bits per heavy atom. The van der Waals surface area contributed by atoms with Gasteiger partial charge in [0.25, 0.3) is 0 Å².